The number of fused-ring (bicyclic) bond motifs is 1. The van der Waals surface area contributed by atoms with Gasteiger partial charge in [0.1, 0.15) is 5.01 Å². The quantitative estimate of drug-likeness (QED) is 0.922. The zero-order valence-corrected chi connectivity index (χ0v) is 15.3. The molecule has 1 aromatic heterocycles. The van der Waals surface area contributed by atoms with E-state index >= 15 is 0 Å². The summed E-state index contributed by atoms with van der Waals surface area (Å²) in [4.78, 5) is 21.2. The molecule has 1 amide bonds. The van der Waals surface area contributed by atoms with E-state index in [9.17, 15) is 9.90 Å². The number of carbonyl (C=O) groups excluding carboxylic acids is 1. The number of likely N-dealkylation sites (N-methyl/N-ethyl adjacent to an activating group) is 1. The normalized spacial score (nSPS) is 23.3. The van der Waals surface area contributed by atoms with E-state index in [1.165, 1.54) is 0 Å². The summed E-state index contributed by atoms with van der Waals surface area (Å²) in [6, 6.07) is 7.81. The van der Waals surface area contributed by atoms with Crippen molar-refractivity contribution in [3.05, 3.63) is 29.3 Å². The van der Waals surface area contributed by atoms with E-state index in [0.717, 1.165) is 28.2 Å². The lowest BCUT2D eigenvalue weighted by Crippen LogP contribution is -2.52. The van der Waals surface area contributed by atoms with Crippen molar-refractivity contribution < 1.29 is 9.90 Å². The molecule has 3 rings (SSSR count). The molecule has 6 heteroatoms. The average molecular weight is 347 g/mol. The monoisotopic (exact) mass is 347 g/mol. The number of benzene rings is 1. The minimum atomic E-state index is -0.344. The molecule has 0 spiro atoms. The topological polar surface area (TPSA) is 56.7 Å². The smallest absolute Gasteiger partial charge is 0.239 e. The van der Waals surface area contributed by atoms with Crippen molar-refractivity contribution in [2.24, 2.45) is 5.92 Å². The fourth-order valence-corrected chi connectivity index (χ4v) is 4.19. The molecular weight excluding hydrogens is 322 g/mol. The molecule has 3 unspecified atom stereocenters. The van der Waals surface area contributed by atoms with Gasteiger partial charge in [-0.15, -0.1) is 11.3 Å². The maximum Gasteiger partial charge on any atom is 0.239 e. The van der Waals surface area contributed by atoms with Crippen LogP contribution in [0.3, 0.4) is 0 Å². The minimum absolute atomic E-state index is 0.0796. The van der Waals surface area contributed by atoms with Gasteiger partial charge in [0.05, 0.1) is 28.9 Å². The Morgan fingerprint density at radius 1 is 1.50 bits per heavy atom. The molecule has 130 valence electrons. The lowest BCUT2D eigenvalue weighted by atomic mass is 9.95. The summed E-state index contributed by atoms with van der Waals surface area (Å²) < 4.78 is 1.15. The Hall–Kier alpha value is -1.50. The predicted octanol–water partition coefficient (Wildman–Crippen LogP) is 2.35. The number of aromatic nitrogens is 1. The Morgan fingerprint density at radius 2 is 2.25 bits per heavy atom. The molecular formula is C18H25N3O2S. The molecule has 24 heavy (non-hydrogen) atoms. The van der Waals surface area contributed by atoms with Gasteiger partial charge in [-0.1, -0.05) is 19.1 Å². The van der Waals surface area contributed by atoms with Crippen LogP contribution in [0.5, 0.6) is 0 Å². The standard InChI is InChI=1S/C18H25N3O2S/c1-12-8-9-21(10-15(12)22)13(2)18(23)20(3)11-17-19-14-6-4-5-7-16(14)24-17/h4-7,12-13,15,22H,8-11H2,1-3H3. The Kier molecular flexibility index (Phi) is 5.18. The van der Waals surface area contributed by atoms with Gasteiger partial charge in [0, 0.05) is 13.6 Å². The number of amides is 1. The van der Waals surface area contributed by atoms with Crippen LogP contribution in [-0.2, 0) is 11.3 Å². The van der Waals surface area contributed by atoms with Crippen LogP contribution in [0.4, 0.5) is 0 Å². The van der Waals surface area contributed by atoms with Crippen molar-refractivity contribution in [2.45, 2.75) is 39.0 Å². The maximum atomic E-state index is 12.7. The van der Waals surface area contributed by atoms with Crippen LogP contribution >= 0.6 is 11.3 Å². The van der Waals surface area contributed by atoms with Gasteiger partial charge >= 0.3 is 0 Å². The lowest BCUT2D eigenvalue weighted by Gasteiger charge is -2.38. The van der Waals surface area contributed by atoms with Gasteiger partial charge in [0.25, 0.3) is 0 Å². The summed E-state index contributed by atoms with van der Waals surface area (Å²) in [6.45, 7) is 5.95. The van der Waals surface area contributed by atoms with Gasteiger partial charge in [-0.2, -0.15) is 0 Å². The van der Waals surface area contributed by atoms with Crippen molar-refractivity contribution in [1.29, 1.82) is 0 Å². The summed E-state index contributed by atoms with van der Waals surface area (Å²) in [7, 11) is 1.83. The first-order valence-electron chi connectivity index (χ1n) is 8.47. The zero-order valence-electron chi connectivity index (χ0n) is 14.5. The van der Waals surface area contributed by atoms with Crippen molar-refractivity contribution >= 4 is 27.5 Å². The molecule has 1 aromatic carbocycles. The maximum absolute atomic E-state index is 12.7. The number of thiazole rings is 1. The van der Waals surface area contributed by atoms with E-state index in [0.29, 0.717) is 19.0 Å². The van der Waals surface area contributed by atoms with Crippen LogP contribution in [0, 0.1) is 5.92 Å². The Labute approximate surface area is 146 Å². The summed E-state index contributed by atoms with van der Waals surface area (Å²) in [5.41, 5.74) is 0.986. The molecule has 1 aliphatic rings. The molecule has 0 aliphatic carbocycles. The molecule has 1 N–H and O–H groups in total. The van der Waals surface area contributed by atoms with Crippen molar-refractivity contribution in [3.63, 3.8) is 0 Å². The van der Waals surface area contributed by atoms with Gasteiger partial charge in [0.2, 0.25) is 5.91 Å². The second-order valence-corrected chi connectivity index (χ2v) is 7.89. The SMILES string of the molecule is CC1CCN(C(C)C(=O)N(C)Cc2nc3ccccc3s2)CC1O. The van der Waals surface area contributed by atoms with E-state index in [1.807, 2.05) is 32.2 Å². The van der Waals surface area contributed by atoms with Gasteiger partial charge in [-0.05, 0) is 37.9 Å². The van der Waals surface area contributed by atoms with Crippen LogP contribution in [0.15, 0.2) is 24.3 Å². The highest BCUT2D eigenvalue weighted by Crippen LogP contribution is 2.23. The molecule has 0 saturated carbocycles. The number of rotatable bonds is 4. The number of carbonyl (C=O) groups is 1. The fourth-order valence-electron chi connectivity index (χ4n) is 3.17. The number of nitrogens with zero attached hydrogens (tertiary/aromatic N) is 3. The van der Waals surface area contributed by atoms with Gasteiger partial charge in [-0.25, -0.2) is 4.98 Å². The first-order chi connectivity index (χ1) is 11.5. The van der Waals surface area contributed by atoms with Crippen LogP contribution in [0.2, 0.25) is 0 Å². The predicted molar refractivity (Wildman–Crippen MR) is 96.9 cm³/mol. The van der Waals surface area contributed by atoms with E-state index in [4.69, 9.17) is 0 Å². The molecule has 0 radical (unpaired) electrons. The van der Waals surface area contributed by atoms with E-state index in [1.54, 1.807) is 16.2 Å². The summed E-state index contributed by atoms with van der Waals surface area (Å²) >= 11 is 1.63. The van der Waals surface area contributed by atoms with Crippen LogP contribution in [0.25, 0.3) is 10.2 Å². The van der Waals surface area contributed by atoms with E-state index < -0.39 is 0 Å². The lowest BCUT2D eigenvalue weighted by molar-refractivity contribution is -0.137. The number of aliphatic hydroxyl groups excluding tert-OH is 1. The number of β-amino-alcohol motifs (C(OH)–C–C–N with tert-alkyl or cyclic N) is 1. The van der Waals surface area contributed by atoms with Crippen LogP contribution in [-0.4, -0.2) is 58.1 Å². The van der Waals surface area contributed by atoms with Crippen LogP contribution in [0.1, 0.15) is 25.3 Å². The Morgan fingerprint density at radius 3 is 2.96 bits per heavy atom. The number of likely N-dealkylation sites (tertiary alicyclic amines) is 1. The third-order valence-electron chi connectivity index (χ3n) is 4.94. The van der Waals surface area contributed by atoms with Crippen molar-refractivity contribution in [2.75, 3.05) is 20.1 Å². The minimum Gasteiger partial charge on any atom is -0.392 e. The number of hydrogen-bond acceptors (Lipinski definition) is 5. The summed E-state index contributed by atoms with van der Waals surface area (Å²) in [5, 5.41) is 11.0. The highest BCUT2D eigenvalue weighted by molar-refractivity contribution is 7.18. The Bertz CT molecular complexity index is 684. The van der Waals surface area contributed by atoms with E-state index in [-0.39, 0.29) is 18.1 Å². The highest BCUT2D eigenvalue weighted by Gasteiger charge is 2.31. The largest absolute Gasteiger partial charge is 0.392 e. The molecule has 1 fully saturated rings. The molecule has 2 heterocycles. The van der Waals surface area contributed by atoms with Crippen molar-refractivity contribution in [3.8, 4) is 0 Å². The second-order valence-electron chi connectivity index (χ2n) is 6.77. The number of aliphatic hydroxyl groups is 1. The average Bonchev–Trinajstić information content (AvgIpc) is 2.98. The van der Waals surface area contributed by atoms with Crippen LogP contribution < -0.4 is 0 Å². The van der Waals surface area contributed by atoms with Gasteiger partial charge in [-0.3, -0.25) is 9.69 Å². The van der Waals surface area contributed by atoms with Gasteiger partial charge < -0.3 is 10.0 Å². The van der Waals surface area contributed by atoms with Gasteiger partial charge in [0.15, 0.2) is 0 Å². The third kappa shape index (κ3) is 3.61. The summed E-state index contributed by atoms with van der Waals surface area (Å²) in [6.07, 6.45) is 0.587. The van der Waals surface area contributed by atoms with Crippen molar-refractivity contribution in [1.82, 2.24) is 14.8 Å². The first kappa shape index (κ1) is 17.3. The number of hydrogen-bond donors (Lipinski definition) is 1. The third-order valence-corrected chi connectivity index (χ3v) is 5.96. The zero-order chi connectivity index (χ0) is 17.3. The fraction of sp³-hybridized carbons (Fsp3) is 0.556. The molecule has 1 aliphatic heterocycles. The summed E-state index contributed by atoms with van der Waals surface area (Å²) in [5.74, 6) is 0.389. The van der Waals surface area contributed by atoms with E-state index in [2.05, 4.69) is 22.9 Å². The number of piperidine rings is 1. The first-order valence-corrected chi connectivity index (χ1v) is 9.29. The molecule has 0 bridgehead atoms. The molecule has 2 aromatic rings. The number of para-hydroxylation sites is 1. The molecule has 5 nitrogen and oxygen atoms in total. The Balaban J connectivity index is 1.63. The highest BCUT2D eigenvalue weighted by atomic mass is 32.1. The second kappa shape index (κ2) is 7.17. The molecule has 1 saturated heterocycles. The molecule has 3 atom stereocenters.